The topological polar surface area (TPSA) is 107 Å². The van der Waals surface area contributed by atoms with Gasteiger partial charge in [-0.1, -0.05) is 5.16 Å². The van der Waals surface area contributed by atoms with Gasteiger partial charge in [-0.05, 0) is 0 Å². The number of carboxylic acids is 1. The average Bonchev–Trinajstić information content (AvgIpc) is 2.62. The van der Waals surface area contributed by atoms with Crippen LogP contribution in [0, 0.1) is 0 Å². The van der Waals surface area contributed by atoms with Gasteiger partial charge in [0.25, 0.3) is 0 Å². The van der Waals surface area contributed by atoms with E-state index in [2.05, 4.69) is 14.4 Å². The first kappa shape index (κ1) is 12.7. The Bertz CT molecular complexity index is 463. The maximum absolute atomic E-state index is 11.4. The van der Waals surface area contributed by atoms with Crippen molar-refractivity contribution < 1.29 is 27.6 Å². The minimum atomic E-state index is -3.36. The molecule has 0 aliphatic heterocycles. The lowest BCUT2D eigenvalue weighted by Gasteiger charge is -1.99. The summed E-state index contributed by atoms with van der Waals surface area (Å²) in [6.45, 7) is 0.0856. The lowest BCUT2D eigenvalue weighted by atomic mass is 10.4. The number of rotatable bonds is 6. The van der Waals surface area contributed by atoms with Gasteiger partial charge >= 0.3 is 5.97 Å². The molecule has 1 rings (SSSR count). The summed E-state index contributed by atoms with van der Waals surface area (Å²) in [6.07, 6.45) is 0. The highest BCUT2D eigenvalue weighted by Gasteiger charge is 2.17. The Hall–Kier alpha value is -1.41. The van der Waals surface area contributed by atoms with E-state index in [0.29, 0.717) is 0 Å². The zero-order valence-corrected chi connectivity index (χ0v) is 9.36. The predicted octanol–water partition coefficient (Wildman–Crippen LogP) is -0.0660. The van der Waals surface area contributed by atoms with Crippen LogP contribution in [0.4, 0.5) is 0 Å². The van der Waals surface area contributed by atoms with Crippen molar-refractivity contribution in [3.8, 4) is 0 Å². The van der Waals surface area contributed by atoms with Gasteiger partial charge in [-0.3, -0.25) is 0 Å². The second-order valence-corrected chi connectivity index (χ2v) is 5.25. The Kier molecular flexibility index (Phi) is 4.02. The molecule has 0 aromatic carbocycles. The molecule has 1 N–H and O–H groups in total. The molecular weight excluding hydrogens is 238 g/mol. The Balaban J connectivity index is 2.69. The van der Waals surface area contributed by atoms with Gasteiger partial charge in [-0.25, -0.2) is 13.2 Å². The number of carboxylic acid groups (broad SMARTS) is 1. The van der Waals surface area contributed by atoms with Crippen LogP contribution in [0.15, 0.2) is 10.6 Å². The summed E-state index contributed by atoms with van der Waals surface area (Å²) < 4.78 is 32.1. The molecule has 0 saturated carbocycles. The summed E-state index contributed by atoms with van der Waals surface area (Å²) in [4.78, 5) is 10.5. The first-order chi connectivity index (χ1) is 7.44. The fourth-order valence-electron chi connectivity index (χ4n) is 0.981. The van der Waals surface area contributed by atoms with E-state index < -0.39 is 15.8 Å². The fourth-order valence-corrected chi connectivity index (χ4v) is 2.12. The van der Waals surface area contributed by atoms with Crippen LogP contribution in [0.3, 0.4) is 0 Å². The van der Waals surface area contributed by atoms with Crippen molar-refractivity contribution in [1.82, 2.24) is 5.16 Å². The first-order valence-electron chi connectivity index (χ1n) is 4.33. The van der Waals surface area contributed by atoms with E-state index >= 15 is 0 Å². The standard InChI is InChI=1S/C8H11NO6S/c1-14-2-3-16(12,13)5-6-4-7(8(10)11)9-15-6/h4H,2-3,5H2,1H3,(H,10,11). The summed E-state index contributed by atoms with van der Waals surface area (Å²) in [6, 6.07) is 1.09. The zero-order chi connectivity index (χ0) is 12.2. The molecule has 1 heterocycles. The second kappa shape index (κ2) is 5.08. The van der Waals surface area contributed by atoms with E-state index in [1.165, 1.54) is 7.11 Å². The number of aromatic carboxylic acids is 1. The van der Waals surface area contributed by atoms with Gasteiger partial charge in [0.2, 0.25) is 0 Å². The number of hydrogen-bond donors (Lipinski definition) is 1. The largest absolute Gasteiger partial charge is 0.476 e. The van der Waals surface area contributed by atoms with Crippen molar-refractivity contribution in [1.29, 1.82) is 0 Å². The third kappa shape index (κ3) is 3.63. The summed E-state index contributed by atoms with van der Waals surface area (Å²) in [5, 5.41) is 11.8. The van der Waals surface area contributed by atoms with Crippen LogP contribution in [0.5, 0.6) is 0 Å². The molecule has 0 saturated heterocycles. The van der Waals surface area contributed by atoms with Gasteiger partial charge in [0.05, 0.1) is 12.4 Å². The Labute approximate surface area is 91.9 Å². The molecule has 7 nitrogen and oxygen atoms in total. The van der Waals surface area contributed by atoms with Crippen molar-refractivity contribution in [3.63, 3.8) is 0 Å². The normalized spacial score (nSPS) is 11.6. The molecule has 0 unspecified atom stereocenters. The van der Waals surface area contributed by atoms with E-state index in [-0.39, 0.29) is 29.6 Å². The third-order valence-corrected chi connectivity index (χ3v) is 3.25. The second-order valence-electron chi connectivity index (χ2n) is 3.07. The van der Waals surface area contributed by atoms with Gasteiger partial charge in [-0.2, -0.15) is 0 Å². The molecule has 16 heavy (non-hydrogen) atoms. The molecule has 1 aromatic heterocycles. The van der Waals surface area contributed by atoms with Crippen LogP contribution >= 0.6 is 0 Å². The van der Waals surface area contributed by atoms with Gasteiger partial charge in [0, 0.05) is 13.2 Å². The Morgan fingerprint density at radius 2 is 2.31 bits per heavy atom. The summed E-state index contributed by atoms with van der Waals surface area (Å²) in [5.74, 6) is -1.78. The summed E-state index contributed by atoms with van der Waals surface area (Å²) in [5.41, 5.74) is -0.308. The molecular formula is C8H11NO6S. The predicted molar refractivity (Wildman–Crippen MR) is 52.8 cm³/mol. The van der Waals surface area contributed by atoms with E-state index in [0.717, 1.165) is 6.07 Å². The van der Waals surface area contributed by atoms with Gasteiger partial charge in [0.15, 0.2) is 21.3 Å². The monoisotopic (exact) mass is 249 g/mol. The number of sulfone groups is 1. The third-order valence-electron chi connectivity index (χ3n) is 1.74. The van der Waals surface area contributed by atoms with Gasteiger partial charge in [-0.15, -0.1) is 0 Å². The van der Waals surface area contributed by atoms with Crippen LogP contribution in [-0.2, 0) is 20.3 Å². The number of ether oxygens (including phenoxy) is 1. The molecule has 0 bridgehead atoms. The SMILES string of the molecule is COCCS(=O)(=O)Cc1cc(C(=O)O)no1. The first-order valence-corrected chi connectivity index (χ1v) is 6.15. The van der Waals surface area contributed by atoms with Crippen LogP contribution in [0.25, 0.3) is 0 Å². The molecule has 0 aliphatic rings. The van der Waals surface area contributed by atoms with Gasteiger partial charge < -0.3 is 14.4 Å². The number of nitrogens with zero attached hydrogens (tertiary/aromatic N) is 1. The quantitative estimate of drug-likeness (QED) is 0.752. The van der Waals surface area contributed by atoms with Crippen LogP contribution in [-0.4, -0.2) is 44.1 Å². The summed E-state index contributed by atoms with van der Waals surface area (Å²) >= 11 is 0. The number of hydrogen-bond acceptors (Lipinski definition) is 6. The summed E-state index contributed by atoms with van der Waals surface area (Å²) in [7, 11) is -1.97. The smallest absolute Gasteiger partial charge is 0.358 e. The van der Waals surface area contributed by atoms with Crippen molar-refractivity contribution in [2.24, 2.45) is 0 Å². The van der Waals surface area contributed by atoms with Gasteiger partial charge in [0.1, 0.15) is 5.75 Å². The number of carbonyl (C=O) groups is 1. The zero-order valence-electron chi connectivity index (χ0n) is 8.54. The molecule has 0 aliphatic carbocycles. The lowest BCUT2D eigenvalue weighted by molar-refractivity contribution is 0.0685. The molecule has 8 heteroatoms. The van der Waals surface area contributed by atoms with E-state index in [4.69, 9.17) is 5.11 Å². The van der Waals surface area contributed by atoms with Crippen LogP contribution in [0.2, 0.25) is 0 Å². The number of methoxy groups -OCH3 is 1. The highest BCUT2D eigenvalue weighted by atomic mass is 32.2. The van der Waals surface area contributed by atoms with Crippen molar-refractivity contribution >= 4 is 15.8 Å². The van der Waals surface area contributed by atoms with E-state index in [9.17, 15) is 13.2 Å². The maximum Gasteiger partial charge on any atom is 0.358 e. The molecule has 0 amide bonds. The maximum atomic E-state index is 11.4. The van der Waals surface area contributed by atoms with E-state index in [1.807, 2.05) is 0 Å². The number of aromatic nitrogens is 1. The molecule has 0 radical (unpaired) electrons. The molecule has 0 atom stereocenters. The average molecular weight is 249 g/mol. The molecule has 0 fully saturated rings. The fraction of sp³-hybridized carbons (Fsp3) is 0.500. The van der Waals surface area contributed by atoms with Crippen LogP contribution in [0.1, 0.15) is 16.2 Å². The minimum absolute atomic E-state index is 0.00787. The lowest BCUT2D eigenvalue weighted by Crippen LogP contribution is -2.13. The van der Waals surface area contributed by atoms with E-state index in [1.54, 1.807) is 0 Å². The van der Waals surface area contributed by atoms with Crippen molar-refractivity contribution in [3.05, 3.63) is 17.5 Å². The highest BCUT2D eigenvalue weighted by Crippen LogP contribution is 2.08. The molecule has 90 valence electrons. The molecule has 1 aromatic rings. The van der Waals surface area contributed by atoms with Crippen molar-refractivity contribution in [2.75, 3.05) is 19.5 Å². The highest BCUT2D eigenvalue weighted by molar-refractivity contribution is 7.90. The Morgan fingerprint density at radius 1 is 1.62 bits per heavy atom. The minimum Gasteiger partial charge on any atom is -0.476 e. The Morgan fingerprint density at radius 3 is 2.81 bits per heavy atom. The molecule has 0 spiro atoms. The van der Waals surface area contributed by atoms with Crippen molar-refractivity contribution in [2.45, 2.75) is 5.75 Å². The van der Waals surface area contributed by atoms with Crippen LogP contribution < -0.4 is 0 Å².